The van der Waals surface area contributed by atoms with Gasteiger partial charge in [-0.25, -0.2) is 9.79 Å². The predicted molar refractivity (Wildman–Crippen MR) is 78.8 cm³/mol. The first kappa shape index (κ1) is 16.4. The highest BCUT2D eigenvalue weighted by Gasteiger charge is 2.37. The molecule has 0 aromatic carbocycles. The van der Waals surface area contributed by atoms with Crippen molar-refractivity contribution in [2.75, 3.05) is 6.61 Å². The minimum absolute atomic E-state index is 0.237. The molecular formula is C15H24N2O3. The molecule has 3 atom stereocenters. The zero-order chi connectivity index (χ0) is 15.1. The van der Waals surface area contributed by atoms with Crippen molar-refractivity contribution in [3.8, 4) is 0 Å². The molecule has 1 heterocycles. The Morgan fingerprint density at radius 2 is 2.30 bits per heavy atom. The second-order valence-corrected chi connectivity index (χ2v) is 5.25. The van der Waals surface area contributed by atoms with Crippen LogP contribution in [0.25, 0.3) is 0 Å². The van der Waals surface area contributed by atoms with Gasteiger partial charge < -0.3 is 10.1 Å². The van der Waals surface area contributed by atoms with Gasteiger partial charge in [0.15, 0.2) is 0 Å². The van der Waals surface area contributed by atoms with Crippen molar-refractivity contribution < 1.29 is 14.3 Å². The van der Waals surface area contributed by atoms with Gasteiger partial charge in [-0.2, -0.15) is 0 Å². The lowest BCUT2D eigenvalue weighted by molar-refractivity contribution is -0.146. The number of allylic oxidation sites excluding steroid dienone is 1. The average Bonchev–Trinajstić information content (AvgIpc) is 2.35. The van der Waals surface area contributed by atoms with E-state index in [1.807, 2.05) is 6.08 Å². The highest BCUT2D eigenvalue weighted by Crippen LogP contribution is 2.23. The topological polar surface area (TPSA) is 67.8 Å². The zero-order valence-electron chi connectivity index (χ0n) is 12.5. The maximum Gasteiger partial charge on any atom is 0.341 e. The van der Waals surface area contributed by atoms with Crippen molar-refractivity contribution in [2.45, 2.75) is 46.1 Å². The molecule has 3 unspecified atom stereocenters. The summed E-state index contributed by atoms with van der Waals surface area (Å²) in [7, 11) is 0. The van der Waals surface area contributed by atoms with E-state index in [1.165, 1.54) is 0 Å². The molecule has 0 spiro atoms. The van der Waals surface area contributed by atoms with Gasteiger partial charge in [-0.1, -0.05) is 13.0 Å². The summed E-state index contributed by atoms with van der Waals surface area (Å²) in [6.07, 6.45) is 4.53. The Balaban J connectivity index is 2.78. The highest BCUT2D eigenvalue weighted by molar-refractivity contribution is 6.08. The second-order valence-electron chi connectivity index (χ2n) is 5.25. The minimum atomic E-state index is -0.473. The van der Waals surface area contributed by atoms with Gasteiger partial charge in [-0.15, -0.1) is 6.58 Å². The lowest BCUT2D eigenvalue weighted by Crippen LogP contribution is -2.50. The summed E-state index contributed by atoms with van der Waals surface area (Å²) in [5, 5.41) is 2.79. The van der Waals surface area contributed by atoms with Crippen LogP contribution in [-0.2, 0) is 9.53 Å². The summed E-state index contributed by atoms with van der Waals surface area (Å²) in [6, 6.07) is -0.608. The number of nitrogens with zero attached hydrogens (tertiary/aromatic N) is 1. The van der Waals surface area contributed by atoms with Crippen molar-refractivity contribution in [1.82, 2.24) is 5.32 Å². The number of urea groups is 1. The van der Waals surface area contributed by atoms with Gasteiger partial charge >= 0.3 is 12.0 Å². The number of rotatable bonds is 7. The van der Waals surface area contributed by atoms with E-state index < -0.39 is 5.92 Å². The summed E-state index contributed by atoms with van der Waals surface area (Å²) in [4.78, 5) is 27.4. The predicted octanol–water partition coefficient (Wildman–Crippen LogP) is 2.71. The van der Waals surface area contributed by atoms with Crippen molar-refractivity contribution in [3.63, 3.8) is 0 Å². The van der Waals surface area contributed by atoms with Crippen LogP contribution in [0.1, 0.15) is 40.0 Å². The minimum Gasteiger partial charge on any atom is -0.465 e. The Hall–Kier alpha value is -1.65. The second kappa shape index (κ2) is 7.82. The Labute approximate surface area is 120 Å². The van der Waals surface area contributed by atoms with Gasteiger partial charge in [-0.3, -0.25) is 4.79 Å². The number of carbonyl (C=O) groups excluding carboxylic acids is 2. The van der Waals surface area contributed by atoms with Crippen LogP contribution in [0.15, 0.2) is 17.6 Å². The molecule has 0 aromatic heterocycles. The first-order chi connectivity index (χ1) is 9.49. The van der Waals surface area contributed by atoms with Gasteiger partial charge in [-0.05, 0) is 39.0 Å². The van der Waals surface area contributed by atoms with Gasteiger partial charge in [0, 0.05) is 11.8 Å². The van der Waals surface area contributed by atoms with Gasteiger partial charge in [0.2, 0.25) is 0 Å². The van der Waals surface area contributed by atoms with Gasteiger partial charge in [0.05, 0.1) is 6.61 Å². The average molecular weight is 280 g/mol. The normalized spacial score (nSPS) is 23.6. The van der Waals surface area contributed by atoms with E-state index in [9.17, 15) is 9.59 Å². The number of esters is 1. The van der Waals surface area contributed by atoms with Crippen molar-refractivity contribution >= 4 is 17.7 Å². The third-order valence-corrected chi connectivity index (χ3v) is 3.50. The van der Waals surface area contributed by atoms with Crippen LogP contribution in [0.2, 0.25) is 0 Å². The summed E-state index contributed by atoms with van der Waals surface area (Å²) >= 11 is 0. The molecule has 5 heteroatoms. The molecule has 0 bridgehead atoms. The summed E-state index contributed by atoms with van der Waals surface area (Å²) < 4.78 is 5.09. The van der Waals surface area contributed by atoms with Crippen LogP contribution in [0.4, 0.5) is 4.79 Å². The molecule has 0 saturated carbocycles. The molecule has 0 fully saturated rings. The van der Waals surface area contributed by atoms with Gasteiger partial charge in [0.1, 0.15) is 5.92 Å². The highest BCUT2D eigenvalue weighted by atomic mass is 16.5. The van der Waals surface area contributed by atoms with E-state index >= 15 is 0 Å². The number of aliphatic imine (C=N–C) groups is 1. The number of hydrogen-bond donors (Lipinski definition) is 1. The third-order valence-electron chi connectivity index (χ3n) is 3.50. The number of amides is 2. The third kappa shape index (κ3) is 4.47. The first-order valence-corrected chi connectivity index (χ1v) is 7.12. The van der Waals surface area contributed by atoms with E-state index in [0.717, 1.165) is 19.3 Å². The molecule has 1 aliphatic rings. The van der Waals surface area contributed by atoms with E-state index in [-0.39, 0.29) is 18.0 Å². The Kier molecular flexibility index (Phi) is 6.42. The summed E-state index contributed by atoms with van der Waals surface area (Å²) in [5.41, 5.74) is 0.535. The fraction of sp³-hybridized carbons (Fsp3) is 0.667. The molecule has 0 aliphatic carbocycles. The van der Waals surface area contributed by atoms with Crippen molar-refractivity contribution in [3.05, 3.63) is 12.7 Å². The number of ether oxygens (including phenoxy) is 1. The Bertz CT molecular complexity index is 404. The smallest absolute Gasteiger partial charge is 0.341 e. The van der Waals surface area contributed by atoms with Crippen LogP contribution in [0.5, 0.6) is 0 Å². The fourth-order valence-corrected chi connectivity index (χ4v) is 2.51. The standard InChI is InChI=1S/C15H24N2O3/c1-5-7-8-10(3)9-12-13(14(18)20-6-2)11(4)16-15(19)17-12/h5,10,12-13H,1,6-9H2,2-4H3,(H,17,19). The zero-order valence-corrected chi connectivity index (χ0v) is 12.5. The number of carbonyl (C=O) groups is 2. The molecule has 20 heavy (non-hydrogen) atoms. The molecule has 112 valence electrons. The number of nitrogens with one attached hydrogen (secondary N) is 1. The molecule has 2 amide bonds. The molecule has 1 N–H and O–H groups in total. The molecule has 1 aliphatic heterocycles. The quantitative estimate of drug-likeness (QED) is 0.576. The van der Waals surface area contributed by atoms with Crippen molar-refractivity contribution in [2.24, 2.45) is 16.8 Å². The number of hydrogen-bond acceptors (Lipinski definition) is 3. The molecule has 0 saturated heterocycles. The largest absolute Gasteiger partial charge is 0.465 e. The molecule has 5 nitrogen and oxygen atoms in total. The van der Waals surface area contributed by atoms with Crippen LogP contribution in [0, 0.1) is 11.8 Å². The Morgan fingerprint density at radius 3 is 2.90 bits per heavy atom. The molecule has 0 radical (unpaired) electrons. The van der Waals surface area contributed by atoms with E-state index in [0.29, 0.717) is 18.2 Å². The molecular weight excluding hydrogens is 256 g/mol. The van der Waals surface area contributed by atoms with Crippen molar-refractivity contribution in [1.29, 1.82) is 0 Å². The maximum atomic E-state index is 12.1. The van der Waals surface area contributed by atoms with E-state index in [2.05, 4.69) is 23.8 Å². The van der Waals surface area contributed by atoms with E-state index in [4.69, 9.17) is 4.74 Å². The SMILES string of the molecule is C=CCCC(C)CC1NC(=O)N=C(C)C1C(=O)OCC. The molecule has 0 aromatic rings. The summed E-state index contributed by atoms with van der Waals surface area (Å²) in [6.45, 7) is 9.63. The fourth-order valence-electron chi connectivity index (χ4n) is 2.51. The van der Waals surface area contributed by atoms with Gasteiger partial charge in [0.25, 0.3) is 0 Å². The maximum absolute atomic E-state index is 12.1. The summed E-state index contributed by atoms with van der Waals surface area (Å²) in [5.74, 6) is -0.394. The van der Waals surface area contributed by atoms with Crippen LogP contribution in [-0.4, -0.2) is 30.4 Å². The molecule has 1 rings (SSSR count). The Morgan fingerprint density at radius 1 is 1.60 bits per heavy atom. The lowest BCUT2D eigenvalue weighted by Gasteiger charge is -2.31. The van der Waals surface area contributed by atoms with E-state index in [1.54, 1.807) is 13.8 Å². The van der Waals surface area contributed by atoms with Crippen LogP contribution < -0.4 is 5.32 Å². The lowest BCUT2D eigenvalue weighted by atomic mass is 9.86. The monoisotopic (exact) mass is 280 g/mol. The van der Waals surface area contributed by atoms with Crippen LogP contribution in [0.3, 0.4) is 0 Å². The van der Waals surface area contributed by atoms with Crippen LogP contribution >= 0.6 is 0 Å². The first-order valence-electron chi connectivity index (χ1n) is 7.12.